The molecule has 0 aromatic rings. The van der Waals surface area contributed by atoms with Gasteiger partial charge in [-0.05, 0) is 31.1 Å². The van der Waals surface area contributed by atoms with Gasteiger partial charge in [0, 0.05) is 30.1 Å². The Morgan fingerprint density at radius 3 is 2.61 bits per heavy atom. The van der Waals surface area contributed by atoms with E-state index in [0.717, 1.165) is 13.0 Å². The summed E-state index contributed by atoms with van der Waals surface area (Å²) < 4.78 is 22.2. The van der Waals surface area contributed by atoms with Crippen molar-refractivity contribution in [2.24, 2.45) is 5.41 Å². The van der Waals surface area contributed by atoms with Crippen LogP contribution in [0.15, 0.2) is 23.4 Å². The highest BCUT2D eigenvalue weighted by Gasteiger charge is 2.43. The van der Waals surface area contributed by atoms with Crippen molar-refractivity contribution in [1.29, 1.82) is 0 Å². The van der Waals surface area contributed by atoms with Crippen molar-refractivity contribution in [3.05, 3.63) is 23.4 Å². The van der Waals surface area contributed by atoms with Crippen LogP contribution in [0.5, 0.6) is 0 Å². The Hall–Kier alpha value is -1.03. The Balaban J connectivity index is 2.47. The molecule has 0 aromatic heterocycles. The summed E-state index contributed by atoms with van der Waals surface area (Å²) in [5.41, 5.74) is 2.55. The molecule has 1 aliphatic heterocycles. The number of hydrogen-bond donors (Lipinski definition) is 0. The van der Waals surface area contributed by atoms with Crippen molar-refractivity contribution in [2.45, 2.75) is 46.6 Å². The molecule has 4 heteroatoms. The van der Waals surface area contributed by atoms with E-state index >= 15 is 0 Å². The second-order valence-corrected chi connectivity index (χ2v) is 6.66. The highest BCUT2D eigenvalue weighted by molar-refractivity contribution is 7.73. The van der Waals surface area contributed by atoms with E-state index in [4.69, 9.17) is 0 Å². The van der Waals surface area contributed by atoms with Gasteiger partial charge in [-0.1, -0.05) is 20.8 Å². The van der Waals surface area contributed by atoms with E-state index < -0.39 is 10.3 Å². The van der Waals surface area contributed by atoms with Crippen LogP contribution in [0.2, 0.25) is 0 Å². The molecule has 18 heavy (non-hydrogen) atoms. The van der Waals surface area contributed by atoms with Gasteiger partial charge in [-0.15, -0.1) is 0 Å². The van der Waals surface area contributed by atoms with Crippen LogP contribution in [0.1, 0.15) is 40.5 Å². The molecule has 1 aliphatic carbocycles. The summed E-state index contributed by atoms with van der Waals surface area (Å²) in [6.45, 7) is 9.87. The van der Waals surface area contributed by atoms with Gasteiger partial charge in [0.1, 0.15) is 0 Å². The van der Waals surface area contributed by atoms with Crippen molar-refractivity contribution in [3.63, 3.8) is 0 Å². The summed E-state index contributed by atoms with van der Waals surface area (Å²) in [6, 6.07) is 0.423. The van der Waals surface area contributed by atoms with Crippen LogP contribution in [0.4, 0.5) is 0 Å². The van der Waals surface area contributed by atoms with Crippen LogP contribution in [0.25, 0.3) is 0 Å². The van der Waals surface area contributed by atoms with Gasteiger partial charge < -0.3 is 4.90 Å². The van der Waals surface area contributed by atoms with Crippen molar-refractivity contribution in [2.75, 3.05) is 6.54 Å². The molecule has 0 aromatic carbocycles. The second-order valence-electron chi connectivity index (χ2n) is 5.67. The first-order chi connectivity index (χ1) is 8.39. The van der Waals surface area contributed by atoms with E-state index in [-0.39, 0.29) is 5.41 Å². The molecule has 2 aliphatic rings. The zero-order valence-electron chi connectivity index (χ0n) is 11.5. The van der Waals surface area contributed by atoms with Gasteiger partial charge in [0.15, 0.2) is 0 Å². The number of rotatable bonds is 2. The van der Waals surface area contributed by atoms with Crippen LogP contribution in [0.3, 0.4) is 0 Å². The maximum atomic E-state index is 11.1. The summed E-state index contributed by atoms with van der Waals surface area (Å²) in [7, 11) is -2.09. The molecule has 0 N–H and O–H groups in total. The number of hydrogen-bond acceptors (Lipinski definition) is 3. The van der Waals surface area contributed by atoms with Crippen LogP contribution >= 0.6 is 0 Å². The van der Waals surface area contributed by atoms with Gasteiger partial charge in [-0.25, -0.2) is 0 Å². The van der Waals surface area contributed by atoms with E-state index in [2.05, 4.69) is 32.6 Å². The Bertz CT molecular complexity index is 544. The smallest absolute Gasteiger partial charge is 0.217 e. The largest absolute Gasteiger partial charge is 0.368 e. The maximum Gasteiger partial charge on any atom is 0.217 e. The van der Waals surface area contributed by atoms with Crippen LogP contribution in [-0.2, 0) is 10.3 Å². The zero-order chi connectivity index (χ0) is 13.5. The molecule has 0 radical (unpaired) electrons. The lowest BCUT2D eigenvalue weighted by atomic mass is 9.77. The van der Waals surface area contributed by atoms with Gasteiger partial charge in [-0.3, -0.25) is 0 Å². The molecule has 0 saturated heterocycles. The fourth-order valence-electron chi connectivity index (χ4n) is 2.94. The topological polar surface area (TPSA) is 37.4 Å². The Morgan fingerprint density at radius 2 is 2.06 bits per heavy atom. The molecule has 0 amide bonds. The minimum atomic E-state index is -2.09. The fraction of sp³-hybridized carbons (Fsp3) is 0.643. The lowest BCUT2D eigenvalue weighted by molar-refractivity contribution is 0.207. The predicted octanol–water partition coefficient (Wildman–Crippen LogP) is 2.39. The lowest BCUT2D eigenvalue weighted by Gasteiger charge is -2.33. The highest BCUT2D eigenvalue weighted by Crippen LogP contribution is 2.47. The summed E-state index contributed by atoms with van der Waals surface area (Å²) in [4.78, 5) is 2.92. The molecule has 1 unspecified atom stereocenters. The molecule has 1 heterocycles. The molecule has 0 spiro atoms. The van der Waals surface area contributed by atoms with Gasteiger partial charge in [0.05, 0.1) is 4.86 Å². The van der Waals surface area contributed by atoms with Crippen molar-refractivity contribution in [3.8, 4) is 0 Å². The molecule has 2 rings (SSSR count). The quantitative estimate of drug-likeness (QED) is 0.721. The van der Waals surface area contributed by atoms with E-state index in [9.17, 15) is 8.42 Å². The molecule has 0 fully saturated rings. The van der Waals surface area contributed by atoms with Crippen LogP contribution in [-0.4, -0.2) is 30.8 Å². The van der Waals surface area contributed by atoms with Gasteiger partial charge in [0.25, 0.3) is 0 Å². The minimum Gasteiger partial charge on any atom is -0.368 e. The number of nitrogens with zero attached hydrogens (tertiary/aromatic N) is 1. The van der Waals surface area contributed by atoms with Crippen molar-refractivity contribution in [1.82, 2.24) is 4.90 Å². The van der Waals surface area contributed by atoms with Gasteiger partial charge in [-0.2, -0.15) is 8.42 Å². The third-order valence-corrected chi connectivity index (χ3v) is 5.07. The predicted molar refractivity (Wildman–Crippen MR) is 74.9 cm³/mol. The second kappa shape index (κ2) is 4.57. The maximum absolute atomic E-state index is 11.1. The molecule has 0 saturated carbocycles. The Kier molecular flexibility index (Phi) is 3.41. The normalized spacial score (nSPS) is 25.7. The molecule has 100 valence electrons. The summed E-state index contributed by atoms with van der Waals surface area (Å²) >= 11 is 0. The van der Waals surface area contributed by atoms with Gasteiger partial charge >= 0.3 is 0 Å². The summed E-state index contributed by atoms with van der Waals surface area (Å²) in [5, 5.41) is 0. The van der Waals surface area contributed by atoms with E-state index in [1.807, 2.05) is 6.08 Å². The summed E-state index contributed by atoms with van der Waals surface area (Å²) in [5.74, 6) is 0. The van der Waals surface area contributed by atoms with Crippen LogP contribution < -0.4 is 0 Å². The third kappa shape index (κ3) is 1.92. The Morgan fingerprint density at radius 1 is 1.39 bits per heavy atom. The Labute approximate surface area is 111 Å². The molecule has 3 nitrogen and oxygen atoms in total. The first-order valence-corrected chi connectivity index (χ1v) is 7.60. The molecule has 0 bridgehead atoms. The lowest BCUT2D eigenvalue weighted by Crippen LogP contribution is -2.36. The molecular formula is C14H21NO2S. The third-order valence-electron chi connectivity index (χ3n) is 4.37. The van der Waals surface area contributed by atoms with E-state index in [1.165, 1.54) is 11.3 Å². The number of allylic oxidation sites excluding steroid dienone is 2. The fourth-order valence-corrected chi connectivity index (χ4v) is 3.38. The first kappa shape index (κ1) is 13.4. The van der Waals surface area contributed by atoms with Crippen LogP contribution in [0, 0.1) is 5.41 Å². The average Bonchev–Trinajstić information content (AvgIpc) is 2.51. The zero-order valence-corrected chi connectivity index (χ0v) is 12.3. The summed E-state index contributed by atoms with van der Waals surface area (Å²) in [6.07, 6.45) is 5.40. The van der Waals surface area contributed by atoms with E-state index in [1.54, 1.807) is 6.08 Å². The van der Waals surface area contributed by atoms with E-state index in [0.29, 0.717) is 17.3 Å². The monoisotopic (exact) mass is 267 g/mol. The van der Waals surface area contributed by atoms with Gasteiger partial charge in [0.2, 0.25) is 10.3 Å². The first-order valence-electron chi connectivity index (χ1n) is 6.53. The molecule has 1 atom stereocenters. The SMILES string of the molecule is CCCN1C2=C(CC(=S(=O)=O)C=C2)C(C)(C)C1C. The van der Waals surface area contributed by atoms with Crippen molar-refractivity contribution < 1.29 is 8.42 Å². The molecular weight excluding hydrogens is 246 g/mol. The van der Waals surface area contributed by atoms with Crippen molar-refractivity contribution >= 4 is 15.2 Å². The standard InChI is InChI=1S/C14H21NO2S/c1-5-8-15-10(2)14(3,4)12-9-11(18(16)17)6-7-13(12)15/h6-7,10H,5,8-9H2,1-4H3. The minimum absolute atomic E-state index is 0.0416. The average molecular weight is 267 g/mol. The highest BCUT2D eigenvalue weighted by atomic mass is 32.2.